The van der Waals surface area contributed by atoms with E-state index in [1.807, 2.05) is 26.2 Å². The topological polar surface area (TPSA) is 55.6 Å². The van der Waals surface area contributed by atoms with Crippen LogP contribution in [0.4, 0.5) is 5.82 Å². The lowest BCUT2D eigenvalue weighted by molar-refractivity contribution is 0.768. The van der Waals surface area contributed by atoms with Gasteiger partial charge < -0.3 is 5.32 Å². The number of nitrogens with one attached hydrogen (secondary N) is 1. The van der Waals surface area contributed by atoms with E-state index in [4.69, 9.17) is 0 Å². The SMILES string of the molecule is CCNc1nnc(-c2ccn(C)n2)c(C)c1C. The zero-order chi connectivity index (χ0) is 12.4. The van der Waals surface area contributed by atoms with Crippen molar-refractivity contribution >= 4 is 5.82 Å². The standard InChI is InChI=1S/C12H17N5/c1-5-13-12-9(3)8(2)11(14-15-12)10-6-7-17(4)16-10/h6-7H,5H2,1-4H3,(H,13,15). The normalized spacial score (nSPS) is 10.6. The summed E-state index contributed by atoms with van der Waals surface area (Å²) in [6.07, 6.45) is 1.91. The van der Waals surface area contributed by atoms with Crippen molar-refractivity contribution in [3.05, 3.63) is 23.4 Å². The highest BCUT2D eigenvalue weighted by Gasteiger charge is 2.12. The molecular weight excluding hydrogens is 214 g/mol. The van der Waals surface area contributed by atoms with Gasteiger partial charge in [-0.15, -0.1) is 10.2 Å². The van der Waals surface area contributed by atoms with Crippen LogP contribution in [0.5, 0.6) is 0 Å². The third-order valence-corrected chi connectivity index (χ3v) is 2.82. The van der Waals surface area contributed by atoms with Gasteiger partial charge in [0.05, 0.1) is 0 Å². The van der Waals surface area contributed by atoms with Crippen molar-refractivity contribution in [1.29, 1.82) is 0 Å². The minimum absolute atomic E-state index is 0.845. The molecule has 2 rings (SSSR count). The van der Waals surface area contributed by atoms with Crippen molar-refractivity contribution in [3.63, 3.8) is 0 Å². The number of rotatable bonds is 3. The Morgan fingerprint density at radius 3 is 2.59 bits per heavy atom. The molecule has 0 aromatic carbocycles. The fraction of sp³-hybridized carbons (Fsp3) is 0.417. The maximum absolute atomic E-state index is 4.35. The van der Waals surface area contributed by atoms with E-state index in [0.717, 1.165) is 34.9 Å². The van der Waals surface area contributed by atoms with Crippen LogP contribution >= 0.6 is 0 Å². The molecule has 0 saturated heterocycles. The van der Waals surface area contributed by atoms with Crippen LogP contribution in [0.2, 0.25) is 0 Å². The summed E-state index contributed by atoms with van der Waals surface area (Å²) in [7, 11) is 1.89. The van der Waals surface area contributed by atoms with Crippen LogP contribution in [0.15, 0.2) is 12.3 Å². The van der Waals surface area contributed by atoms with Gasteiger partial charge in [-0.2, -0.15) is 5.10 Å². The number of hydrogen-bond acceptors (Lipinski definition) is 4. The molecule has 0 fully saturated rings. The summed E-state index contributed by atoms with van der Waals surface area (Å²) >= 11 is 0. The Morgan fingerprint density at radius 2 is 2.00 bits per heavy atom. The Labute approximate surface area is 101 Å². The van der Waals surface area contributed by atoms with Crippen LogP contribution in [0.1, 0.15) is 18.1 Å². The van der Waals surface area contributed by atoms with Crippen LogP contribution in [0.25, 0.3) is 11.4 Å². The largest absolute Gasteiger partial charge is 0.369 e. The van der Waals surface area contributed by atoms with E-state index in [0.29, 0.717) is 0 Å². The molecule has 0 aliphatic heterocycles. The minimum atomic E-state index is 0.845. The third kappa shape index (κ3) is 2.13. The lowest BCUT2D eigenvalue weighted by Crippen LogP contribution is -2.06. The Balaban J connectivity index is 2.47. The van der Waals surface area contributed by atoms with Crippen LogP contribution in [-0.2, 0) is 7.05 Å². The molecule has 0 unspecified atom stereocenters. The van der Waals surface area contributed by atoms with Crippen LogP contribution < -0.4 is 5.32 Å². The lowest BCUT2D eigenvalue weighted by Gasteiger charge is -2.10. The molecule has 0 saturated carbocycles. The monoisotopic (exact) mass is 231 g/mol. The van der Waals surface area contributed by atoms with E-state index in [1.165, 1.54) is 0 Å². The van der Waals surface area contributed by atoms with Gasteiger partial charge >= 0.3 is 0 Å². The first-order chi connectivity index (χ1) is 8.13. The molecule has 0 aliphatic carbocycles. The predicted molar refractivity (Wildman–Crippen MR) is 67.9 cm³/mol. The first kappa shape index (κ1) is 11.6. The molecule has 1 N–H and O–H groups in total. The Kier molecular flexibility index (Phi) is 3.08. The summed E-state index contributed by atoms with van der Waals surface area (Å²) in [5.74, 6) is 0.852. The van der Waals surface area contributed by atoms with Gasteiger partial charge in [-0.3, -0.25) is 4.68 Å². The van der Waals surface area contributed by atoms with Gasteiger partial charge in [-0.25, -0.2) is 0 Å². The fourth-order valence-electron chi connectivity index (χ4n) is 1.73. The van der Waals surface area contributed by atoms with E-state index in [1.54, 1.807) is 4.68 Å². The Morgan fingerprint density at radius 1 is 1.24 bits per heavy atom. The zero-order valence-corrected chi connectivity index (χ0v) is 10.7. The van der Waals surface area contributed by atoms with Crippen LogP contribution in [-0.4, -0.2) is 26.5 Å². The Bertz CT molecular complexity index is 530. The molecule has 0 radical (unpaired) electrons. The van der Waals surface area contributed by atoms with E-state index in [2.05, 4.69) is 34.5 Å². The second kappa shape index (κ2) is 4.53. The molecular formula is C12H17N5. The van der Waals surface area contributed by atoms with Crippen molar-refractivity contribution in [2.45, 2.75) is 20.8 Å². The van der Waals surface area contributed by atoms with Gasteiger partial charge in [0.25, 0.3) is 0 Å². The van der Waals surface area contributed by atoms with Crippen molar-refractivity contribution in [2.24, 2.45) is 7.05 Å². The molecule has 2 aromatic heterocycles. The average Bonchev–Trinajstić information content (AvgIpc) is 2.72. The molecule has 0 atom stereocenters. The summed E-state index contributed by atoms with van der Waals surface area (Å²) in [4.78, 5) is 0. The molecule has 2 aromatic rings. The van der Waals surface area contributed by atoms with E-state index >= 15 is 0 Å². The second-order valence-corrected chi connectivity index (χ2v) is 4.05. The highest BCUT2D eigenvalue weighted by atomic mass is 15.3. The summed E-state index contributed by atoms with van der Waals surface area (Å²) in [5.41, 5.74) is 3.96. The van der Waals surface area contributed by atoms with E-state index in [-0.39, 0.29) is 0 Å². The van der Waals surface area contributed by atoms with Crippen LogP contribution in [0, 0.1) is 13.8 Å². The maximum Gasteiger partial charge on any atom is 0.151 e. The van der Waals surface area contributed by atoms with Gasteiger partial charge in [-0.1, -0.05) is 0 Å². The maximum atomic E-state index is 4.35. The first-order valence-corrected chi connectivity index (χ1v) is 5.71. The van der Waals surface area contributed by atoms with Crippen molar-refractivity contribution in [2.75, 3.05) is 11.9 Å². The summed E-state index contributed by atoms with van der Waals surface area (Å²) in [6, 6.07) is 1.95. The Hall–Kier alpha value is -1.91. The molecule has 2 heterocycles. The van der Waals surface area contributed by atoms with E-state index in [9.17, 15) is 0 Å². The van der Waals surface area contributed by atoms with E-state index < -0.39 is 0 Å². The average molecular weight is 231 g/mol. The molecule has 90 valence electrons. The number of aryl methyl sites for hydroxylation is 1. The molecule has 5 nitrogen and oxygen atoms in total. The van der Waals surface area contributed by atoms with Gasteiger partial charge in [-0.05, 0) is 38.0 Å². The van der Waals surface area contributed by atoms with Gasteiger partial charge in [0.2, 0.25) is 0 Å². The number of hydrogen-bond donors (Lipinski definition) is 1. The van der Waals surface area contributed by atoms with Gasteiger partial charge in [0, 0.05) is 19.8 Å². The first-order valence-electron chi connectivity index (χ1n) is 5.71. The van der Waals surface area contributed by atoms with Crippen molar-refractivity contribution in [1.82, 2.24) is 20.0 Å². The lowest BCUT2D eigenvalue weighted by atomic mass is 10.1. The molecule has 5 heteroatoms. The zero-order valence-electron chi connectivity index (χ0n) is 10.7. The predicted octanol–water partition coefficient (Wildman–Crippen LogP) is 1.93. The number of anilines is 1. The molecule has 17 heavy (non-hydrogen) atoms. The highest BCUT2D eigenvalue weighted by Crippen LogP contribution is 2.24. The number of aromatic nitrogens is 4. The van der Waals surface area contributed by atoms with Crippen molar-refractivity contribution < 1.29 is 0 Å². The summed E-state index contributed by atoms with van der Waals surface area (Å²) in [6.45, 7) is 6.99. The van der Waals surface area contributed by atoms with Crippen LogP contribution in [0.3, 0.4) is 0 Å². The van der Waals surface area contributed by atoms with Gasteiger partial charge in [0.15, 0.2) is 5.82 Å². The quantitative estimate of drug-likeness (QED) is 0.877. The molecule has 0 bridgehead atoms. The summed E-state index contributed by atoms with van der Waals surface area (Å²) < 4.78 is 1.77. The van der Waals surface area contributed by atoms with Gasteiger partial charge in [0.1, 0.15) is 11.4 Å². The highest BCUT2D eigenvalue weighted by molar-refractivity contribution is 5.63. The third-order valence-electron chi connectivity index (χ3n) is 2.82. The molecule has 0 aliphatic rings. The number of nitrogens with zero attached hydrogens (tertiary/aromatic N) is 4. The molecule has 0 spiro atoms. The second-order valence-electron chi connectivity index (χ2n) is 4.05. The minimum Gasteiger partial charge on any atom is -0.369 e. The molecule has 0 amide bonds. The van der Waals surface area contributed by atoms with Crippen molar-refractivity contribution in [3.8, 4) is 11.4 Å². The smallest absolute Gasteiger partial charge is 0.151 e. The summed E-state index contributed by atoms with van der Waals surface area (Å²) in [5, 5.41) is 16.0. The fourth-order valence-corrected chi connectivity index (χ4v) is 1.73.